The first-order chi connectivity index (χ1) is 13.2. The van der Waals surface area contributed by atoms with Crippen LogP contribution in [-0.2, 0) is 23.9 Å². The van der Waals surface area contributed by atoms with Gasteiger partial charge in [0.15, 0.2) is 6.61 Å². The molecule has 0 spiro atoms. The van der Waals surface area contributed by atoms with E-state index in [0.29, 0.717) is 17.2 Å². The molecule has 2 heterocycles. The lowest BCUT2D eigenvalue weighted by atomic mass is 9.99. The number of esters is 2. The highest BCUT2D eigenvalue weighted by atomic mass is 16.7. The minimum atomic E-state index is -1.29. The van der Waals surface area contributed by atoms with Crippen molar-refractivity contribution in [2.75, 3.05) is 19.7 Å². The molecule has 1 aromatic carbocycles. The van der Waals surface area contributed by atoms with E-state index < -0.39 is 17.7 Å². The van der Waals surface area contributed by atoms with Crippen LogP contribution in [0.5, 0.6) is 5.75 Å². The van der Waals surface area contributed by atoms with Crippen LogP contribution in [0.15, 0.2) is 29.8 Å². The third-order valence-corrected chi connectivity index (χ3v) is 4.82. The Morgan fingerprint density at radius 3 is 2.43 bits per heavy atom. The Kier molecular flexibility index (Phi) is 5.72. The number of likely N-dealkylation sites (tertiary alicyclic amines) is 1. The van der Waals surface area contributed by atoms with Gasteiger partial charge in [-0.1, -0.05) is 25.1 Å². The summed E-state index contributed by atoms with van der Waals surface area (Å²) in [7, 11) is 0. The number of amides is 1. The van der Waals surface area contributed by atoms with Crippen molar-refractivity contribution in [3.05, 3.63) is 35.4 Å². The first-order valence-electron chi connectivity index (χ1n) is 9.43. The van der Waals surface area contributed by atoms with Gasteiger partial charge in [-0.15, -0.1) is 0 Å². The lowest BCUT2D eigenvalue weighted by Crippen LogP contribution is -2.41. The quantitative estimate of drug-likeness (QED) is 0.449. The van der Waals surface area contributed by atoms with E-state index in [1.165, 1.54) is 19.9 Å². The lowest BCUT2D eigenvalue weighted by Gasteiger charge is -2.30. The lowest BCUT2D eigenvalue weighted by molar-refractivity contribution is -0.222. The normalized spacial score (nSPS) is 19.7. The third-order valence-electron chi connectivity index (χ3n) is 4.82. The van der Waals surface area contributed by atoms with Crippen molar-refractivity contribution >= 4 is 23.9 Å². The molecular weight excluding hydrogens is 362 g/mol. The Morgan fingerprint density at radius 1 is 1.18 bits per heavy atom. The third kappa shape index (κ3) is 4.71. The molecule has 2 aliphatic heterocycles. The number of rotatable bonds is 4. The van der Waals surface area contributed by atoms with E-state index in [0.717, 1.165) is 25.9 Å². The number of carbonyl (C=O) groups excluding carboxylic acids is 3. The molecule has 0 aromatic heterocycles. The molecule has 0 unspecified atom stereocenters. The molecule has 2 saturated heterocycles. The Balaban J connectivity index is 1.70. The van der Waals surface area contributed by atoms with E-state index in [1.54, 1.807) is 29.2 Å². The molecule has 7 nitrogen and oxygen atoms in total. The van der Waals surface area contributed by atoms with Crippen LogP contribution in [0.3, 0.4) is 0 Å². The maximum Gasteiger partial charge on any atom is 0.348 e. The molecule has 0 bridgehead atoms. The van der Waals surface area contributed by atoms with Crippen molar-refractivity contribution in [1.82, 2.24) is 4.90 Å². The number of hydrogen-bond donors (Lipinski definition) is 0. The zero-order chi connectivity index (χ0) is 20.3. The second-order valence-corrected chi connectivity index (χ2v) is 7.63. The summed E-state index contributed by atoms with van der Waals surface area (Å²) in [6.07, 6.45) is 3.35. The van der Waals surface area contributed by atoms with Crippen LogP contribution in [0.25, 0.3) is 6.08 Å². The van der Waals surface area contributed by atoms with Crippen LogP contribution in [0.2, 0.25) is 0 Å². The molecule has 28 heavy (non-hydrogen) atoms. The monoisotopic (exact) mass is 387 g/mol. The van der Waals surface area contributed by atoms with E-state index in [9.17, 15) is 14.4 Å². The fourth-order valence-corrected chi connectivity index (χ4v) is 3.15. The Morgan fingerprint density at radius 2 is 1.79 bits per heavy atom. The maximum absolute atomic E-state index is 12.4. The maximum atomic E-state index is 12.4. The Hall–Kier alpha value is -2.83. The molecule has 7 heteroatoms. The van der Waals surface area contributed by atoms with Gasteiger partial charge in [-0.05, 0) is 30.9 Å². The summed E-state index contributed by atoms with van der Waals surface area (Å²) in [5, 5.41) is 0. The van der Waals surface area contributed by atoms with Gasteiger partial charge in [-0.25, -0.2) is 9.59 Å². The predicted molar refractivity (Wildman–Crippen MR) is 101 cm³/mol. The predicted octanol–water partition coefficient (Wildman–Crippen LogP) is 2.54. The largest absolute Gasteiger partial charge is 0.483 e. The van der Waals surface area contributed by atoms with Crippen LogP contribution in [-0.4, -0.2) is 48.2 Å². The van der Waals surface area contributed by atoms with Crippen LogP contribution in [0, 0.1) is 5.92 Å². The Labute approximate surface area is 164 Å². The molecular formula is C21H25NO6. The van der Waals surface area contributed by atoms with Crippen LogP contribution >= 0.6 is 0 Å². The van der Waals surface area contributed by atoms with E-state index in [2.05, 4.69) is 6.92 Å². The molecule has 0 N–H and O–H groups in total. The second kappa shape index (κ2) is 8.04. The summed E-state index contributed by atoms with van der Waals surface area (Å²) in [6, 6.07) is 6.87. The second-order valence-electron chi connectivity index (χ2n) is 7.63. The molecule has 1 amide bonds. The number of carbonyl (C=O) groups is 3. The fraction of sp³-hybridized carbons (Fsp3) is 0.476. The van der Waals surface area contributed by atoms with E-state index in [1.807, 2.05) is 0 Å². The van der Waals surface area contributed by atoms with Crippen molar-refractivity contribution in [2.45, 2.75) is 39.4 Å². The molecule has 2 fully saturated rings. The first kappa shape index (κ1) is 19.9. The van der Waals surface area contributed by atoms with Crippen molar-refractivity contribution in [3.8, 4) is 5.75 Å². The molecule has 0 radical (unpaired) electrons. The zero-order valence-corrected chi connectivity index (χ0v) is 16.4. The van der Waals surface area contributed by atoms with Crippen LogP contribution < -0.4 is 4.74 Å². The van der Waals surface area contributed by atoms with Crippen molar-refractivity contribution in [2.24, 2.45) is 5.92 Å². The van der Waals surface area contributed by atoms with Crippen LogP contribution in [0.1, 0.15) is 39.2 Å². The molecule has 0 atom stereocenters. The van der Waals surface area contributed by atoms with E-state index in [-0.39, 0.29) is 18.1 Å². The van der Waals surface area contributed by atoms with Gasteiger partial charge in [0.05, 0.1) is 0 Å². The molecule has 3 rings (SSSR count). The van der Waals surface area contributed by atoms with Gasteiger partial charge in [0.2, 0.25) is 0 Å². The van der Waals surface area contributed by atoms with Crippen molar-refractivity contribution in [1.29, 1.82) is 0 Å². The minimum Gasteiger partial charge on any atom is -0.483 e. The number of benzene rings is 1. The Bertz CT molecular complexity index is 783. The molecule has 0 aliphatic carbocycles. The summed E-state index contributed by atoms with van der Waals surface area (Å²) in [5.74, 6) is -1.84. The highest BCUT2D eigenvalue weighted by molar-refractivity contribution is 6.19. The van der Waals surface area contributed by atoms with Gasteiger partial charge in [-0.2, -0.15) is 0 Å². The van der Waals surface area contributed by atoms with Crippen molar-refractivity contribution < 1.29 is 28.6 Å². The summed E-state index contributed by atoms with van der Waals surface area (Å²) < 4.78 is 15.9. The van der Waals surface area contributed by atoms with Crippen LogP contribution in [0.4, 0.5) is 0 Å². The number of nitrogens with zero attached hydrogens (tertiary/aromatic N) is 1. The number of para-hydroxylation sites is 1. The average molecular weight is 387 g/mol. The van der Waals surface area contributed by atoms with Gasteiger partial charge in [0, 0.05) is 32.5 Å². The molecule has 1 aromatic rings. The van der Waals surface area contributed by atoms with Gasteiger partial charge in [0.25, 0.3) is 11.7 Å². The highest BCUT2D eigenvalue weighted by Gasteiger charge is 2.39. The molecule has 2 aliphatic rings. The van der Waals surface area contributed by atoms with Crippen molar-refractivity contribution in [3.63, 3.8) is 0 Å². The fourth-order valence-electron chi connectivity index (χ4n) is 3.15. The zero-order valence-electron chi connectivity index (χ0n) is 16.4. The smallest absolute Gasteiger partial charge is 0.348 e. The highest BCUT2D eigenvalue weighted by Crippen LogP contribution is 2.27. The van der Waals surface area contributed by atoms with E-state index >= 15 is 0 Å². The molecule has 150 valence electrons. The topological polar surface area (TPSA) is 82.1 Å². The van der Waals surface area contributed by atoms with E-state index in [4.69, 9.17) is 14.2 Å². The summed E-state index contributed by atoms with van der Waals surface area (Å²) in [4.78, 5) is 38.5. The minimum absolute atomic E-state index is 0.0763. The number of hydrogen-bond acceptors (Lipinski definition) is 6. The van der Waals surface area contributed by atoms with Gasteiger partial charge in [-0.3, -0.25) is 4.79 Å². The number of piperidine rings is 1. The standard InChI is InChI=1S/C21H25NO6/c1-14-8-10-22(11-9-14)18(23)13-26-17-7-5-4-6-15(17)12-16-19(24)27-21(2,3)28-20(16)25/h4-7,12,14H,8-11,13H2,1-3H3. The number of cyclic esters (lactones) is 2. The van der Waals surface area contributed by atoms with Gasteiger partial charge in [0.1, 0.15) is 11.3 Å². The first-order valence-corrected chi connectivity index (χ1v) is 9.43. The summed E-state index contributed by atoms with van der Waals surface area (Å²) >= 11 is 0. The average Bonchev–Trinajstić information content (AvgIpc) is 2.63. The summed E-state index contributed by atoms with van der Waals surface area (Å²) in [6.45, 7) is 6.54. The van der Waals surface area contributed by atoms with Gasteiger partial charge < -0.3 is 19.1 Å². The SMILES string of the molecule is CC1CCN(C(=O)COc2ccccc2C=C2C(=O)OC(C)(C)OC2=O)CC1. The number of ether oxygens (including phenoxy) is 3. The summed E-state index contributed by atoms with van der Waals surface area (Å²) in [5.41, 5.74) is 0.276. The van der Waals surface area contributed by atoms with Gasteiger partial charge >= 0.3 is 11.9 Å². The molecule has 0 saturated carbocycles.